The number of amides is 1. The molecule has 4 nitrogen and oxygen atoms in total. The van der Waals surface area contributed by atoms with Gasteiger partial charge in [-0.2, -0.15) is 5.10 Å². The van der Waals surface area contributed by atoms with Gasteiger partial charge in [-0.25, -0.2) is 9.07 Å². The van der Waals surface area contributed by atoms with E-state index in [2.05, 4.69) is 26.3 Å². The number of rotatable bonds is 3. The third-order valence-corrected chi connectivity index (χ3v) is 4.06. The monoisotopic (exact) mass is 387 g/mol. The predicted molar refractivity (Wildman–Crippen MR) is 95.1 cm³/mol. The zero-order chi connectivity index (χ0) is 17.3. The van der Waals surface area contributed by atoms with Crippen LogP contribution in [-0.2, 0) is 0 Å². The van der Waals surface area contributed by atoms with Crippen LogP contribution in [-0.4, -0.2) is 15.7 Å². The molecule has 0 aliphatic rings. The second kappa shape index (κ2) is 6.57. The van der Waals surface area contributed by atoms with Gasteiger partial charge in [-0.1, -0.05) is 28.1 Å². The Morgan fingerprint density at radius 1 is 1.17 bits per heavy atom. The van der Waals surface area contributed by atoms with E-state index >= 15 is 0 Å². The van der Waals surface area contributed by atoms with Gasteiger partial charge >= 0.3 is 0 Å². The number of benzene rings is 2. The van der Waals surface area contributed by atoms with Crippen molar-refractivity contribution in [3.8, 4) is 5.69 Å². The highest BCUT2D eigenvalue weighted by molar-refractivity contribution is 9.10. The molecular weight excluding hydrogens is 373 g/mol. The Hall–Kier alpha value is -2.47. The summed E-state index contributed by atoms with van der Waals surface area (Å²) in [5.74, 6) is -1.08. The molecule has 3 rings (SSSR count). The molecule has 0 radical (unpaired) electrons. The summed E-state index contributed by atoms with van der Waals surface area (Å²) in [4.78, 5) is 12.5. The zero-order valence-electron chi connectivity index (χ0n) is 13.2. The number of para-hydroxylation sites is 2. The summed E-state index contributed by atoms with van der Waals surface area (Å²) >= 11 is 3.25. The van der Waals surface area contributed by atoms with Crippen LogP contribution < -0.4 is 5.32 Å². The van der Waals surface area contributed by atoms with E-state index in [-0.39, 0.29) is 5.56 Å². The summed E-state index contributed by atoms with van der Waals surface area (Å²) in [5, 5.41) is 7.21. The van der Waals surface area contributed by atoms with Crippen LogP contribution in [0.5, 0.6) is 0 Å². The van der Waals surface area contributed by atoms with E-state index in [1.807, 2.05) is 38.1 Å². The van der Waals surface area contributed by atoms with E-state index in [9.17, 15) is 9.18 Å². The van der Waals surface area contributed by atoms with Crippen molar-refractivity contribution < 1.29 is 9.18 Å². The molecule has 122 valence electrons. The van der Waals surface area contributed by atoms with E-state index in [0.717, 1.165) is 17.1 Å². The van der Waals surface area contributed by atoms with E-state index in [1.165, 1.54) is 12.1 Å². The van der Waals surface area contributed by atoms with Crippen LogP contribution in [0.4, 0.5) is 10.1 Å². The molecule has 0 saturated carbocycles. The number of hydrogen-bond acceptors (Lipinski definition) is 2. The molecule has 0 bridgehead atoms. The zero-order valence-corrected chi connectivity index (χ0v) is 14.8. The summed E-state index contributed by atoms with van der Waals surface area (Å²) < 4.78 is 16.3. The molecular formula is C18H15BrFN3O. The highest BCUT2D eigenvalue weighted by Gasteiger charge is 2.15. The van der Waals surface area contributed by atoms with Crippen LogP contribution in [0.15, 0.2) is 53.0 Å². The molecule has 0 saturated heterocycles. The van der Waals surface area contributed by atoms with Gasteiger partial charge in [0.1, 0.15) is 5.82 Å². The van der Waals surface area contributed by atoms with Crippen molar-refractivity contribution in [1.29, 1.82) is 0 Å². The summed E-state index contributed by atoms with van der Waals surface area (Å²) in [6.45, 7) is 3.84. The van der Waals surface area contributed by atoms with Crippen molar-refractivity contribution in [2.75, 3.05) is 5.32 Å². The molecule has 0 unspecified atom stereocenters. The van der Waals surface area contributed by atoms with Crippen LogP contribution in [0, 0.1) is 19.7 Å². The number of hydrogen-bond donors (Lipinski definition) is 1. The number of nitrogens with one attached hydrogen (secondary N) is 1. The maximum absolute atomic E-state index is 13.9. The lowest BCUT2D eigenvalue weighted by atomic mass is 10.2. The summed E-state index contributed by atoms with van der Waals surface area (Å²) in [5.41, 5.74) is 3.10. The largest absolute Gasteiger partial charge is 0.320 e. The maximum Gasteiger partial charge on any atom is 0.258 e. The number of halogens is 2. The first-order valence-electron chi connectivity index (χ1n) is 7.35. The van der Waals surface area contributed by atoms with Crippen molar-refractivity contribution in [2.24, 2.45) is 0 Å². The summed E-state index contributed by atoms with van der Waals surface area (Å²) in [7, 11) is 0. The number of carbonyl (C=O) groups is 1. The first-order valence-corrected chi connectivity index (χ1v) is 8.14. The van der Waals surface area contributed by atoms with Gasteiger partial charge in [0.05, 0.1) is 22.6 Å². The fourth-order valence-corrected chi connectivity index (χ4v) is 2.86. The lowest BCUT2D eigenvalue weighted by Crippen LogP contribution is -2.16. The first-order chi connectivity index (χ1) is 11.5. The summed E-state index contributed by atoms with van der Waals surface area (Å²) in [6, 6.07) is 13.5. The predicted octanol–water partition coefficient (Wildman–Crippen LogP) is 4.64. The van der Waals surface area contributed by atoms with Crippen LogP contribution in [0.25, 0.3) is 5.69 Å². The van der Waals surface area contributed by atoms with Crippen LogP contribution in [0.2, 0.25) is 0 Å². The molecule has 1 aromatic heterocycles. The molecule has 24 heavy (non-hydrogen) atoms. The minimum Gasteiger partial charge on any atom is -0.320 e. The lowest BCUT2D eigenvalue weighted by molar-refractivity contribution is 0.102. The Bertz CT molecular complexity index is 920. The molecule has 0 spiro atoms. The molecule has 0 fully saturated rings. The molecule has 3 aromatic rings. The van der Waals surface area contributed by atoms with Crippen molar-refractivity contribution in [1.82, 2.24) is 9.78 Å². The average molecular weight is 388 g/mol. The standard InChI is InChI=1S/C18H15BrFN3O/c1-11-9-12(2)23(22-11)17-6-4-3-5-16(17)21-18(24)14-10-13(19)7-8-15(14)20/h3-10H,1-2H3,(H,21,24). The number of aromatic nitrogens is 2. The van der Waals surface area contributed by atoms with Gasteiger partial charge in [-0.15, -0.1) is 0 Å². The van der Waals surface area contributed by atoms with Crippen molar-refractivity contribution >= 4 is 27.5 Å². The molecule has 0 aliphatic heterocycles. The second-order valence-corrected chi connectivity index (χ2v) is 6.35. The third kappa shape index (κ3) is 3.23. The van der Waals surface area contributed by atoms with Gasteiger partial charge in [0.25, 0.3) is 5.91 Å². The Balaban J connectivity index is 1.98. The fourth-order valence-electron chi connectivity index (χ4n) is 2.50. The van der Waals surface area contributed by atoms with Crippen LogP contribution in [0.3, 0.4) is 0 Å². The third-order valence-electron chi connectivity index (χ3n) is 3.56. The topological polar surface area (TPSA) is 46.9 Å². The molecule has 6 heteroatoms. The second-order valence-electron chi connectivity index (χ2n) is 5.43. The van der Waals surface area contributed by atoms with Gasteiger partial charge in [0.15, 0.2) is 0 Å². The quantitative estimate of drug-likeness (QED) is 0.711. The highest BCUT2D eigenvalue weighted by Crippen LogP contribution is 2.23. The lowest BCUT2D eigenvalue weighted by Gasteiger charge is -2.13. The van der Waals surface area contributed by atoms with Crippen LogP contribution in [0.1, 0.15) is 21.7 Å². The van der Waals surface area contributed by atoms with Crippen molar-refractivity contribution in [3.63, 3.8) is 0 Å². The smallest absolute Gasteiger partial charge is 0.258 e. The van der Waals surface area contributed by atoms with E-state index < -0.39 is 11.7 Å². The van der Waals surface area contributed by atoms with E-state index in [0.29, 0.717) is 10.2 Å². The minimum atomic E-state index is -0.570. The number of nitrogens with zero attached hydrogens (tertiary/aromatic N) is 2. The molecule has 1 heterocycles. The number of aryl methyl sites for hydroxylation is 2. The fraction of sp³-hybridized carbons (Fsp3) is 0.111. The molecule has 0 aliphatic carbocycles. The van der Waals surface area contributed by atoms with E-state index in [1.54, 1.807) is 16.8 Å². The minimum absolute atomic E-state index is 0.0208. The SMILES string of the molecule is Cc1cc(C)n(-c2ccccc2NC(=O)c2cc(Br)ccc2F)n1. The molecule has 1 amide bonds. The Labute approximate surface area is 147 Å². The van der Waals surface area contributed by atoms with Gasteiger partial charge in [0, 0.05) is 10.2 Å². The summed E-state index contributed by atoms with van der Waals surface area (Å²) in [6.07, 6.45) is 0. The van der Waals surface area contributed by atoms with Gasteiger partial charge in [-0.05, 0) is 50.2 Å². The van der Waals surface area contributed by atoms with Crippen molar-refractivity contribution in [3.05, 3.63) is 75.8 Å². The Morgan fingerprint density at radius 2 is 1.92 bits per heavy atom. The number of anilines is 1. The Kier molecular flexibility index (Phi) is 4.49. The average Bonchev–Trinajstić information content (AvgIpc) is 2.88. The molecule has 2 aromatic carbocycles. The van der Waals surface area contributed by atoms with Gasteiger partial charge in [0.2, 0.25) is 0 Å². The first kappa shape index (κ1) is 16.4. The molecule has 1 N–H and O–H groups in total. The maximum atomic E-state index is 13.9. The normalized spacial score (nSPS) is 10.7. The van der Waals surface area contributed by atoms with Gasteiger partial charge < -0.3 is 5.32 Å². The molecule has 0 atom stereocenters. The van der Waals surface area contributed by atoms with Crippen molar-refractivity contribution in [2.45, 2.75) is 13.8 Å². The number of carbonyl (C=O) groups excluding carboxylic acids is 1. The highest BCUT2D eigenvalue weighted by atomic mass is 79.9. The van der Waals surface area contributed by atoms with Crippen LogP contribution >= 0.6 is 15.9 Å². The van der Waals surface area contributed by atoms with Gasteiger partial charge in [-0.3, -0.25) is 4.79 Å². The van der Waals surface area contributed by atoms with E-state index in [4.69, 9.17) is 0 Å². The Morgan fingerprint density at radius 3 is 2.62 bits per heavy atom.